The molecule has 0 saturated carbocycles. The van der Waals surface area contributed by atoms with Gasteiger partial charge in [0.2, 0.25) is 0 Å². The molecule has 1 aliphatic rings. The van der Waals surface area contributed by atoms with Crippen LogP contribution < -0.4 is 10.1 Å². The molecule has 0 aromatic heterocycles. The number of halogens is 3. The van der Waals surface area contributed by atoms with E-state index in [2.05, 4.69) is 22.2 Å². The average Bonchev–Trinajstić information content (AvgIpc) is 2.71. The van der Waals surface area contributed by atoms with Crippen molar-refractivity contribution in [2.45, 2.75) is 0 Å². The zero-order chi connectivity index (χ0) is 21.7. The van der Waals surface area contributed by atoms with E-state index in [0.29, 0.717) is 22.8 Å². The number of carbonyl (C=O) groups is 2. The van der Waals surface area contributed by atoms with Crippen LogP contribution in [0.1, 0.15) is 10.4 Å². The molecule has 1 amide bonds. The van der Waals surface area contributed by atoms with Gasteiger partial charge in [-0.2, -0.15) is 0 Å². The fraction of sp³-hybridized carbons (Fsp3) is 0.333. The normalized spacial score (nSPS) is 15.1. The molecule has 1 N–H and O–H groups in total. The predicted octanol–water partition coefficient (Wildman–Crippen LogP) is 4.09. The number of rotatable bonds is 7. The highest BCUT2D eigenvalue weighted by Crippen LogP contribution is 2.33. The van der Waals surface area contributed by atoms with E-state index >= 15 is 0 Å². The first-order valence-electron chi connectivity index (χ1n) is 9.43. The Balaban J connectivity index is 1.55. The maximum Gasteiger partial charge on any atom is 0.262 e. The lowest BCUT2D eigenvalue weighted by molar-refractivity contribution is -0.118. The molecule has 0 bridgehead atoms. The second-order valence-electron chi connectivity index (χ2n) is 7.12. The number of amides is 1. The zero-order valence-corrected chi connectivity index (χ0v) is 18.7. The minimum absolute atomic E-state index is 0.0227. The van der Waals surface area contributed by atoms with Crippen LogP contribution in [-0.4, -0.2) is 67.9 Å². The maximum absolute atomic E-state index is 12.6. The highest BCUT2D eigenvalue weighted by molar-refractivity contribution is 6.43. The van der Waals surface area contributed by atoms with Crippen molar-refractivity contribution in [3.8, 4) is 5.75 Å². The topological polar surface area (TPSA) is 61.9 Å². The summed E-state index contributed by atoms with van der Waals surface area (Å²) in [5.74, 6) is -0.104. The zero-order valence-electron chi connectivity index (χ0n) is 16.5. The molecule has 0 radical (unpaired) electrons. The molecule has 0 spiro atoms. The molecule has 2 aromatic rings. The highest BCUT2D eigenvalue weighted by atomic mass is 35.5. The number of nitrogens with one attached hydrogen (secondary N) is 1. The van der Waals surface area contributed by atoms with Crippen LogP contribution in [0.4, 0.5) is 5.69 Å². The van der Waals surface area contributed by atoms with Crippen molar-refractivity contribution in [2.24, 2.45) is 0 Å². The summed E-state index contributed by atoms with van der Waals surface area (Å²) in [6, 6.07) is 9.79. The van der Waals surface area contributed by atoms with E-state index in [9.17, 15) is 9.59 Å². The molecule has 0 unspecified atom stereocenters. The van der Waals surface area contributed by atoms with Gasteiger partial charge in [0.25, 0.3) is 5.91 Å². The Hall–Kier alpha value is -1.83. The summed E-state index contributed by atoms with van der Waals surface area (Å²) >= 11 is 17.9. The Morgan fingerprint density at radius 2 is 1.70 bits per heavy atom. The Morgan fingerprint density at radius 3 is 2.43 bits per heavy atom. The maximum atomic E-state index is 12.6. The molecule has 1 saturated heterocycles. The van der Waals surface area contributed by atoms with Crippen LogP contribution in [0.5, 0.6) is 5.75 Å². The number of Topliss-reactive ketones (excluding diaryl/α,β-unsaturated/α-hetero) is 1. The van der Waals surface area contributed by atoms with Gasteiger partial charge in [-0.1, -0.05) is 46.9 Å². The van der Waals surface area contributed by atoms with Crippen LogP contribution in [0.3, 0.4) is 0 Å². The SMILES string of the molecule is CN1CCN(CC(=O)c2cccc(NC(=O)COc3cc(Cl)c(Cl)cc3Cl)c2)CC1. The molecule has 0 aliphatic carbocycles. The Kier molecular flexibility index (Phi) is 7.97. The second kappa shape index (κ2) is 10.5. The van der Waals surface area contributed by atoms with Gasteiger partial charge in [0.15, 0.2) is 12.4 Å². The van der Waals surface area contributed by atoms with E-state index in [4.69, 9.17) is 39.5 Å². The standard InChI is InChI=1S/C21H22Cl3N3O3/c1-26-5-7-27(8-6-26)12-19(28)14-3-2-4-15(9-14)25-21(29)13-30-20-11-17(23)16(22)10-18(20)24/h2-4,9-11H,5-8,12-13H2,1H3,(H,25,29). The van der Waals surface area contributed by atoms with Crippen molar-refractivity contribution in [1.82, 2.24) is 9.80 Å². The number of benzene rings is 2. The van der Waals surface area contributed by atoms with E-state index in [-0.39, 0.29) is 34.1 Å². The van der Waals surface area contributed by atoms with E-state index in [1.165, 1.54) is 12.1 Å². The fourth-order valence-electron chi connectivity index (χ4n) is 3.03. The minimum atomic E-state index is -0.388. The molecule has 9 heteroatoms. The number of likely N-dealkylation sites (N-methyl/N-ethyl adjacent to an activating group) is 1. The quantitative estimate of drug-likeness (QED) is 0.488. The molecule has 1 fully saturated rings. The van der Waals surface area contributed by atoms with E-state index in [1.54, 1.807) is 24.3 Å². The first-order chi connectivity index (χ1) is 14.3. The lowest BCUT2D eigenvalue weighted by Gasteiger charge is -2.31. The van der Waals surface area contributed by atoms with Crippen molar-refractivity contribution in [3.05, 3.63) is 57.0 Å². The van der Waals surface area contributed by atoms with Crippen LogP contribution in [0.15, 0.2) is 36.4 Å². The second-order valence-corrected chi connectivity index (χ2v) is 8.34. The summed E-state index contributed by atoms with van der Waals surface area (Å²) in [6.07, 6.45) is 0. The number of anilines is 1. The van der Waals surface area contributed by atoms with Crippen LogP contribution in [0.25, 0.3) is 0 Å². The van der Waals surface area contributed by atoms with Gasteiger partial charge >= 0.3 is 0 Å². The highest BCUT2D eigenvalue weighted by Gasteiger charge is 2.18. The van der Waals surface area contributed by atoms with Crippen molar-refractivity contribution in [3.63, 3.8) is 0 Å². The van der Waals surface area contributed by atoms with Gasteiger partial charge in [-0.25, -0.2) is 0 Å². The van der Waals surface area contributed by atoms with Gasteiger partial charge in [-0.3, -0.25) is 14.5 Å². The predicted molar refractivity (Wildman–Crippen MR) is 120 cm³/mol. The third-order valence-electron chi connectivity index (χ3n) is 4.76. The van der Waals surface area contributed by atoms with Crippen molar-refractivity contribution >= 4 is 52.2 Å². The van der Waals surface area contributed by atoms with Crippen LogP contribution in [0, 0.1) is 0 Å². The number of ketones is 1. The molecule has 0 atom stereocenters. The summed E-state index contributed by atoms with van der Waals surface area (Å²) in [7, 11) is 2.07. The Morgan fingerprint density at radius 1 is 1.00 bits per heavy atom. The molecule has 2 aromatic carbocycles. The molecule has 6 nitrogen and oxygen atoms in total. The smallest absolute Gasteiger partial charge is 0.262 e. The van der Waals surface area contributed by atoms with Gasteiger partial charge in [-0.15, -0.1) is 0 Å². The van der Waals surface area contributed by atoms with Gasteiger partial charge in [0, 0.05) is 43.5 Å². The summed E-state index contributed by atoms with van der Waals surface area (Å²) < 4.78 is 5.43. The summed E-state index contributed by atoms with van der Waals surface area (Å²) in [5, 5.41) is 3.56. The van der Waals surface area contributed by atoms with Crippen molar-refractivity contribution in [2.75, 3.05) is 51.7 Å². The fourth-order valence-corrected chi connectivity index (χ4v) is 3.62. The van der Waals surface area contributed by atoms with E-state index < -0.39 is 0 Å². The molecule has 30 heavy (non-hydrogen) atoms. The third kappa shape index (κ3) is 6.33. The average molecular weight is 471 g/mol. The number of carbonyl (C=O) groups excluding carboxylic acids is 2. The van der Waals surface area contributed by atoms with E-state index in [0.717, 1.165) is 26.2 Å². The van der Waals surface area contributed by atoms with Gasteiger partial charge in [-0.05, 0) is 25.2 Å². The number of nitrogens with zero attached hydrogens (tertiary/aromatic N) is 2. The van der Waals surface area contributed by atoms with Crippen LogP contribution in [0.2, 0.25) is 15.1 Å². The van der Waals surface area contributed by atoms with Crippen LogP contribution in [-0.2, 0) is 4.79 Å². The lowest BCUT2D eigenvalue weighted by Crippen LogP contribution is -2.46. The third-order valence-corrected chi connectivity index (χ3v) is 5.78. The number of hydrogen-bond donors (Lipinski definition) is 1. The van der Waals surface area contributed by atoms with Crippen LogP contribution >= 0.6 is 34.8 Å². The summed E-state index contributed by atoms with van der Waals surface area (Å²) in [5.41, 5.74) is 1.08. The van der Waals surface area contributed by atoms with Gasteiger partial charge in [0.1, 0.15) is 5.75 Å². The first kappa shape index (κ1) is 22.8. The minimum Gasteiger partial charge on any atom is -0.482 e. The molecule has 1 heterocycles. The monoisotopic (exact) mass is 469 g/mol. The molecule has 160 valence electrons. The van der Waals surface area contributed by atoms with Gasteiger partial charge < -0.3 is 15.0 Å². The van der Waals surface area contributed by atoms with Crippen molar-refractivity contribution < 1.29 is 14.3 Å². The molecule has 3 rings (SSSR count). The Labute approximate surface area is 190 Å². The lowest BCUT2D eigenvalue weighted by atomic mass is 10.1. The number of ether oxygens (including phenoxy) is 1. The largest absolute Gasteiger partial charge is 0.482 e. The van der Waals surface area contributed by atoms with Gasteiger partial charge in [0.05, 0.1) is 21.6 Å². The Bertz CT molecular complexity index is 931. The van der Waals surface area contributed by atoms with E-state index in [1.807, 2.05) is 0 Å². The van der Waals surface area contributed by atoms with Crippen molar-refractivity contribution in [1.29, 1.82) is 0 Å². The molecular formula is C21H22Cl3N3O3. The molecule has 1 aliphatic heterocycles. The first-order valence-corrected chi connectivity index (χ1v) is 10.6. The summed E-state index contributed by atoms with van der Waals surface area (Å²) in [6.45, 7) is 3.74. The number of piperazine rings is 1. The molecular weight excluding hydrogens is 449 g/mol. The number of hydrogen-bond acceptors (Lipinski definition) is 5. The summed E-state index contributed by atoms with van der Waals surface area (Å²) in [4.78, 5) is 29.2.